The third-order valence-corrected chi connectivity index (χ3v) is 12.4. The number of β-lactam (4-membered cyclic amide) rings is 1. The van der Waals surface area contributed by atoms with Gasteiger partial charge in [0.2, 0.25) is 0 Å². The molecule has 4 heterocycles. The standard InChI is InChI=1S/C43H40N6O7S2/c1-25(2)56-47-35(32-24-58-42(44-32)46-43(29-12-6-3-7-13-29,30-14-8-4-9-15-30)31-16-10-5-11-17-31)38(52)45-36-39(53)49-37(41(54)55)28(23-57-40(36)49)22-48-20-26-18-33(50)34(51)19-27(26)21-48/h3-19,24-25,36,40,50-51H,20-23H2,1-2H3,(H,44,46)(H,45,52)(H,54,55)/t36?,40-/m0/s1. The maximum atomic E-state index is 14.1. The number of carbonyl (C=O) groups excluding carboxylic acids is 2. The average Bonchev–Trinajstić information content (AvgIpc) is 3.85. The highest BCUT2D eigenvalue weighted by Crippen LogP contribution is 2.43. The molecule has 8 rings (SSSR count). The number of amides is 2. The molecule has 58 heavy (non-hydrogen) atoms. The smallest absolute Gasteiger partial charge is 0.352 e. The molecule has 0 aliphatic carbocycles. The van der Waals surface area contributed by atoms with Gasteiger partial charge in [0.1, 0.15) is 34.4 Å². The lowest BCUT2D eigenvalue weighted by Crippen LogP contribution is -2.71. The molecule has 4 aromatic carbocycles. The van der Waals surface area contributed by atoms with Crippen LogP contribution in [-0.4, -0.2) is 83.4 Å². The lowest BCUT2D eigenvalue weighted by atomic mass is 9.77. The maximum absolute atomic E-state index is 14.1. The predicted octanol–water partition coefficient (Wildman–Crippen LogP) is 5.84. The number of phenols is 2. The minimum Gasteiger partial charge on any atom is -0.504 e. The van der Waals surface area contributed by atoms with E-state index in [0.717, 1.165) is 27.8 Å². The lowest BCUT2D eigenvalue weighted by molar-refractivity contribution is -0.150. The maximum Gasteiger partial charge on any atom is 0.352 e. The highest BCUT2D eigenvalue weighted by molar-refractivity contribution is 8.00. The quantitative estimate of drug-likeness (QED) is 0.0317. The second-order valence-electron chi connectivity index (χ2n) is 14.5. The van der Waals surface area contributed by atoms with Crippen LogP contribution in [0.15, 0.2) is 125 Å². The van der Waals surface area contributed by atoms with E-state index in [2.05, 4.69) is 52.2 Å². The topological polar surface area (TPSA) is 177 Å². The second kappa shape index (κ2) is 16.0. The number of hydrogen-bond donors (Lipinski definition) is 5. The van der Waals surface area contributed by atoms with Crippen LogP contribution in [0.5, 0.6) is 11.5 Å². The summed E-state index contributed by atoms with van der Waals surface area (Å²) in [5, 5.41) is 42.5. The van der Waals surface area contributed by atoms with Gasteiger partial charge in [-0.05, 0) is 59.4 Å². The number of nitrogens with one attached hydrogen (secondary N) is 2. The van der Waals surface area contributed by atoms with Crippen LogP contribution in [0.2, 0.25) is 0 Å². The largest absolute Gasteiger partial charge is 0.504 e. The Bertz CT molecular complexity index is 2300. The lowest BCUT2D eigenvalue weighted by Gasteiger charge is -2.49. The predicted molar refractivity (Wildman–Crippen MR) is 221 cm³/mol. The van der Waals surface area contributed by atoms with E-state index in [1.54, 1.807) is 19.2 Å². The first kappa shape index (κ1) is 38.7. The molecule has 0 bridgehead atoms. The number of aromatic hydroxyl groups is 2. The number of anilines is 1. The highest BCUT2D eigenvalue weighted by Gasteiger charge is 2.54. The number of aliphatic carboxylic acids is 1. The molecule has 2 amide bonds. The molecule has 0 saturated carbocycles. The second-order valence-corrected chi connectivity index (χ2v) is 16.4. The Labute approximate surface area is 342 Å². The van der Waals surface area contributed by atoms with Crippen molar-refractivity contribution in [2.24, 2.45) is 5.16 Å². The van der Waals surface area contributed by atoms with Gasteiger partial charge in [-0.2, -0.15) is 0 Å². The Morgan fingerprint density at radius 2 is 1.47 bits per heavy atom. The van der Waals surface area contributed by atoms with Crippen LogP contribution in [-0.2, 0) is 37.8 Å². The molecule has 3 aliphatic rings. The van der Waals surface area contributed by atoms with Gasteiger partial charge in [0, 0.05) is 30.8 Å². The summed E-state index contributed by atoms with van der Waals surface area (Å²) in [5.74, 6) is -2.59. The van der Waals surface area contributed by atoms with Crippen molar-refractivity contribution in [1.29, 1.82) is 0 Å². The number of carbonyl (C=O) groups is 3. The van der Waals surface area contributed by atoms with Crippen molar-refractivity contribution in [3.63, 3.8) is 0 Å². The number of carboxylic acids is 1. The normalized spacial score (nSPS) is 18.1. The summed E-state index contributed by atoms with van der Waals surface area (Å²) >= 11 is 2.66. The number of thiazole rings is 1. The number of phenolic OH excluding ortho intramolecular Hbond substituents is 2. The molecule has 5 aromatic rings. The molecule has 5 N–H and O–H groups in total. The van der Waals surface area contributed by atoms with E-state index in [-0.39, 0.29) is 41.3 Å². The minimum absolute atomic E-state index is 0.105. The van der Waals surface area contributed by atoms with Crippen molar-refractivity contribution >= 4 is 51.7 Å². The number of thioether (sulfide) groups is 1. The van der Waals surface area contributed by atoms with Gasteiger partial charge in [0.05, 0.1) is 0 Å². The Kier molecular flexibility index (Phi) is 10.7. The van der Waals surface area contributed by atoms with Crippen molar-refractivity contribution in [3.05, 3.63) is 153 Å². The summed E-state index contributed by atoms with van der Waals surface area (Å²) in [4.78, 5) is 54.1. The van der Waals surface area contributed by atoms with Gasteiger partial charge in [-0.15, -0.1) is 23.1 Å². The summed E-state index contributed by atoms with van der Waals surface area (Å²) in [7, 11) is 0. The van der Waals surface area contributed by atoms with Gasteiger partial charge in [-0.3, -0.25) is 19.4 Å². The fraction of sp³-hybridized carbons (Fsp3) is 0.233. The molecule has 1 unspecified atom stereocenters. The number of benzene rings is 4. The van der Waals surface area contributed by atoms with Gasteiger partial charge in [0.25, 0.3) is 11.8 Å². The molecule has 1 aromatic heterocycles. The van der Waals surface area contributed by atoms with Crippen LogP contribution >= 0.6 is 23.1 Å². The zero-order valence-corrected chi connectivity index (χ0v) is 33.2. The number of aromatic nitrogens is 1. The highest BCUT2D eigenvalue weighted by atomic mass is 32.2. The van der Waals surface area contributed by atoms with Crippen molar-refractivity contribution < 1.29 is 34.5 Å². The Morgan fingerprint density at radius 1 is 0.914 bits per heavy atom. The molecular weight excluding hydrogens is 777 g/mol. The number of rotatable bonds is 13. The van der Waals surface area contributed by atoms with Crippen molar-refractivity contribution in [3.8, 4) is 11.5 Å². The Balaban J connectivity index is 1.04. The van der Waals surface area contributed by atoms with Gasteiger partial charge in [-0.1, -0.05) is 96.2 Å². The Hall–Kier alpha value is -6.16. The van der Waals surface area contributed by atoms with E-state index in [4.69, 9.17) is 9.82 Å². The van der Waals surface area contributed by atoms with E-state index in [9.17, 15) is 29.7 Å². The van der Waals surface area contributed by atoms with Gasteiger partial charge in [0.15, 0.2) is 22.3 Å². The molecule has 1 fully saturated rings. The van der Waals surface area contributed by atoms with E-state index in [1.807, 2.05) is 59.5 Å². The molecule has 15 heteroatoms. The molecular formula is C43H40N6O7S2. The van der Waals surface area contributed by atoms with E-state index < -0.39 is 34.7 Å². The molecule has 3 aliphatic heterocycles. The molecule has 1 saturated heterocycles. The van der Waals surface area contributed by atoms with Crippen LogP contribution in [0.25, 0.3) is 0 Å². The average molecular weight is 817 g/mol. The summed E-state index contributed by atoms with van der Waals surface area (Å²) in [6.07, 6.45) is -0.364. The number of hydrogen-bond acceptors (Lipinski definition) is 12. The van der Waals surface area contributed by atoms with Crippen molar-refractivity contribution in [2.45, 2.75) is 50.0 Å². The third-order valence-electron chi connectivity index (χ3n) is 10.3. The first-order valence-electron chi connectivity index (χ1n) is 18.6. The van der Waals surface area contributed by atoms with Gasteiger partial charge in [-0.25, -0.2) is 9.78 Å². The van der Waals surface area contributed by atoms with E-state index >= 15 is 0 Å². The van der Waals surface area contributed by atoms with Gasteiger partial charge < -0.3 is 30.8 Å². The molecule has 0 spiro atoms. The summed E-state index contributed by atoms with van der Waals surface area (Å²) in [5.41, 5.74) is 4.27. The van der Waals surface area contributed by atoms with Crippen LogP contribution in [0.3, 0.4) is 0 Å². The van der Waals surface area contributed by atoms with Crippen LogP contribution in [0.1, 0.15) is 47.4 Å². The zero-order chi connectivity index (χ0) is 40.6. The van der Waals surface area contributed by atoms with Crippen LogP contribution < -0.4 is 10.6 Å². The molecule has 0 radical (unpaired) electrons. The molecule has 2 atom stereocenters. The van der Waals surface area contributed by atoms with Crippen molar-refractivity contribution in [1.82, 2.24) is 20.1 Å². The SMILES string of the molecule is CC(C)ON=C(C(=O)NC1C(=O)N2C(C(=O)O)=C(CN3Cc4cc(O)c(O)cc4C3)CS[C@@H]12)c1csc(NC(c2ccccc2)(c2ccccc2)c2ccccc2)n1. The zero-order valence-electron chi connectivity index (χ0n) is 31.5. The Morgan fingerprint density at radius 3 is 1.98 bits per heavy atom. The summed E-state index contributed by atoms with van der Waals surface area (Å²) in [6.45, 7) is 4.71. The minimum atomic E-state index is -1.24. The fourth-order valence-corrected chi connectivity index (χ4v) is 9.72. The summed E-state index contributed by atoms with van der Waals surface area (Å²) < 4.78 is 0. The number of nitrogens with zero attached hydrogens (tertiary/aromatic N) is 4. The molecule has 13 nitrogen and oxygen atoms in total. The number of carboxylic acid groups (broad SMARTS) is 1. The first-order chi connectivity index (χ1) is 28.0. The fourth-order valence-electron chi connectivity index (χ4n) is 7.64. The van der Waals surface area contributed by atoms with Crippen LogP contribution in [0.4, 0.5) is 5.13 Å². The first-order valence-corrected chi connectivity index (χ1v) is 20.6. The number of fused-ring (bicyclic) bond motifs is 2. The summed E-state index contributed by atoms with van der Waals surface area (Å²) in [6, 6.07) is 32.1. The van der Waals surface area contributed by atoms with Crippen LogP contribution in [0, 0.1) is 0 Å². The third kappa shape index (κ3) is 7.27. The number of oxime groups is 1. The molecule has 296 valence electrons. The van der Waals surface area contributed by atoms with E-state index in [0.29, 0.717) is 29.5 Å². The monoisotopic (exact) mass is 816 g/mol. The van der Waals surface area contributed by atoms with Crippen molar-refractivity contribution in [2.75, 3.05) is 17.6 Å². The van der Waals surface area contributed by atoms with Gasteiger partial charge >= 0.3 is 5.97 Å². The van der Waals surface area contributed by atoms with E-state index in [1.165, 1.54) is 40.1 Å².